The van der Waals surface area contributed by atoms with E-state index in [1.54, 1.807) is 6.07 Å². The van der Waals surface area contributed by atoms with Crippen molar-refractivity contribution in [3.63, 3.8) is 0 Å². The van der Waals surface area contributed by atoms with Crippen molar-refractivity contribution in [1.29, 1.82) is 0 Å². The SMILES string of the molecule is CNS(=O)(=O)c1ccc(CCBr)s1. The first-order valence-electron chi connectivity index (χ1n) is 3.68. The molecule has 0 aliphatic rings. The van der Waals surface area contributed by atoms with E-state index in [1.807, 2.05) is 6.07 Å². The van der Waals surface area contributed by atoms with Crippen molar-refractivity contribution >= 4 is 37.3 Å². The fourth-order valence-electron chi connectivity index (χ4n) is 0.831. The Bertz CT molecular complexity index is 372. The zero-order chi connectivity index (χ0) is 9.90. The van der Waals surface area contributed by atoms with Gasteiger partial charge >= 0.3 is 0 Å². The van der Waals surface area contributed by atoms with Gasteiger partial charge in [0.25, 0.3) is 0 Å². The molecule has 0 fully saturated rings. The van der Waals surface area contributed by atoms with Crippen LogP contribution >= 0.6 is 27.3 Å². The summed E-state index contributed by atoms with van der Waals surface area (Å²) in [6, 6.07) is 3.48. The third kappa shape index (κ3) is 2.77. The molecule has 1 N–H and O–H groups in total. The molecule has 0 aromatic carbocycles. The van der Waals surface area contributed by atoms with Crippen molar-refractivity contribution in [3.05, 3.63) is 17.0 Å². The maximum Gasteiger partial charge on any atom is 0.249 e. The smallest absolute Gasteiger partial charge is 0.214 e. The predicted octanol–water partition coefficient (Wildman–Crippen LogP) is 1.59. The maximum absolute atomic E-state index is 11.3. The summed E-state index contributed by atoms with van der Waals surface area (Å²) in [6.07, 6.45) is 0.865. The average Bonchev–Trinajstić information content (AvgIpc) is 2.54. The van der Waals surface area contributed by atoms with Gasteiger partial charge in [-0.25, -0.2) is 13.1 Å². The first kappa shape index (κ1) is 11.2. The molecule has 0 radical (unpaired) electrons. The van der Waals surface area contributed by atoms with E-state index in [4.69, 9.17) is 0 Å². The molecular formula is C7H10BrNO2S2. The number of thiophene rings is 1. The van der Waals surface area contributed by atoms with Gasteiger partial charge in [0.15, 0.2) is 0 Å². The molecular weight excluding hydrogens is 274 g/mol. The fourth-order valence-corrected chi connectivity index (χ4v) is 3.71. The Morgan fingerprint density at radius 1 is 1.54 bits per heavy atom. The molecule has 0 saturated carbocycles. The van der Waals surface area contributed by atoms with Crippen molar-refractivity contribution < 1.29 is 8.42 Å². The summed E-state index contributed by atoms with van der Waals surface area (Å²) in [5, 5.41) is 0.854. The highest BCUT2D eigenvalue weighted by Crippen LogP contribution is 2.21. The molecule has 6 heteroatoms. The Kier molecular flexibility index (Phi) is 3.90. The van der Waals surface area contributed by atoms with Gasteiger partial charge in [0.2, 0.25) is 10.0 Å². The van der Waals surface area contributed by atoms with Crippen molar-refractivity contribution in [1.82, 2.24) is 4.72 Å². The number of hydrogen-bond acceptors (Lipinski definition) is 3. The number of hydrogen-bond donors (Lipinski definition) is 1. The molecule has 3 nitrogen and oxygen atoms in total. The van der Waals surface area contributed by atoms with Gasteiger partial charge in [0, 0.05) is 10.2 Å². The Labute approximate surface area is 90.3 Å². The lowest BCUT2D eigenvalue weighted by Gasteiger charge is -1.96. The highest BCUT2D eigenvalue weighted by atomic mass is 79.9. The third-order valence-corrected chi connectivity index (χ3v) is 4.96. The van der Waals surface area contributed by atoms with Gasteiger partial charge < -0.3 is 0 Å². The van der Waals surface area contributed by atoms with Crippen LogP contribution in [0.15, 0.2) is 16.3 Å². The lowest BCUT2D eigenvalue weighted by atomic mass is 10.4. The predicted molar refractivity (Wildman–Crippen MR) is 58.1 cm³/mol. The lowest BCUT2D eigenvalue weighted by molar-refractivity contribution is 0.590. The Morgan fingerprint density at radius 3 is 2.77 bits per heavy atom. The Morgan fingerprint density at radius 2 is 2.23 bits per heavy atom. The number of sulfonamides is 1. The fraction of sp³-hybridized carbons (Fsp3) is 0.429. The molecule has 0 aliphatic heterocycles. The van der Waals surface area contributed by atoms with E-state index in [9.17, 15) is 8.42 Å². The quantitative estimate of drug-likeness (QED) is 0.854. The van der Waals surface area contributed by atoms with Crippen LogP contribution in [0, 0.1) is 0 Å². The lowest BCUT2D eigenvalue weighted by Crippen LogP contribution is -2.17. The van der Waals surface area contributed by atoms with Crippen LogP contribution in [0.5, 0.6) is 0 Å². The van der Waals surface area contributed by atoms with E-state index < -0.39 is 10.0 Å². The van der Waals surface area contributed by atoms with Gasteiger partial charge in [-0.05, 0) is 25.6 Å². The molecule has 1 rings (SSSR count). The summed E-state index contributed by atoms with van der Waals surface area (Å²) in [4.78, 5) is 1.07. The third-order valence-electron chi connectivity index (χ3n) is 1.51. The highest BCUT2D eigenvalue weighted by Gasteiger charge is 2.13. The zero-order valence-electron chi connectivity index (χ0n) is 7.08. The standard InChI is InChI=1S/C7H10BrNO2S2/c1-9-13(10,11)7-3-2-6(12-7)4-5-8/h2-3,9H,4-5H2,1H3. The second-order valence-corrected chi connectivity index (χ2v) is 6.44. The molecule has 13 heavy (non-hydrogen) atoms. The van der Waals surface area contributed by atoms with Crippen molar-refractivity contribution in [2.24, 2.45) is 0 Å². The van der Waals surface area contributed by atoms with Gasteiger partial charge in [0.05, 0.1) is 0 Å². The molecule has 0 bridgehead atoms. The summed E-state index contributed by atoms with van der Waals surface area (Å²) < 4.78 is 25.3. The number of halogens is 1. The van der Waals surface area contributed by atoms with E-state index in [-0.39, 0.29) is 0 Å². The highest BCUT2D eigenvalue weighted by molar-refractivity contribution is 9.09. The normalized spacial score (nSPS) is 11.8. The van der Waals surface area contributed by atoms with E-state index in [0.717, 1.165) is 16.6 Å². The molecule has 0 aliphatic carbocycles. The molecule has 74 valence electrons. The van der Waals surface area contributed by atoms with Crippen LogP contribution in [0.3, 0.4) is 0 Å². The summed E-state index contributed by atoms with van der Waals surface area (Å²) in [5.74, 6) is 0. The molecule has 0 unspecified atom stereocenters. The minimum atomic E-state index is -3.24. The first-order chi connectivity index (χ1) is 6.10. The van der Waals surface area contributed by atoms with Gasteiger partial charge in [-0.15, -0.1) is 11.3 Å². The van der Waals surface area contributed by atoms with Crippen LogP contribution in [-0.2, 0) is 16.4 Å². The van der Waals surface area contributed by atoms with Crippen LogP contribution in [0.1, 0.15) is 4.88 Å². The van der Waals surface area contributed by atoms with E-state index in [1.165, 1.54) is 18.4 Å². The van der Waals surface area contributed by atoms with Crippen molar-refractivity contribution in [2.45, 2.75) is 10.6 Å². The average molecular weight is 284 g/mol. The first-order valence-corrected chi connectivity index (χ1v) is 7.10. The van der Waals surface area contributed by atoms with Gasteiger partial charge in [-0.3, -0.25) is 0 Å². The van der Waals surface area contributed by atoms with Gasteiger partial charge in [-0.1, -0.05) is 15.9 Å². The molecule has 1 aromatic rings. The summed E-state index contributed by atoms with van der Waals surface area (Å²) in [7, 11) is -1.83. The number of alkyl halides is 1. The monoisotopic (exact) mass is 283 g/mol. The van der Waals surface area contributed by atoms with Crippen molar-refractivity contribution in [2.75, 3.05) is 12.4 Å². The summed E-state index contributed by atoms with van der Waals surface area (Å²) in [5.41, 5.74) is 0. The van der Waals surface area contributed by atoms with E-state index in [2.05, 4.69) is 20.7 Å². The van der Waals surface area contributed by atoms with Gasteiger partial charge in [0.1, 0.15) is 4.21 Å². The summed E-state index contributed by atoms with van der Waals surface area (Å²) in [6.45, 7) is 0. The minimum absolute atomic E-state index is 0.381. The van der Waals surface area contributed by atoms with Crippen LogP contribution in [-0.4, -0.2) is 20.8 Å². The van der Waals surface area contributed by atoms with Crippen LogP contribution in [0.2, 0.25) is 0 Å². The second kappa shape index (κ2) is 4.54. The van der Waals surface area contributed by atoms with Gasteiger partial charge in [-0.2, -0.15) is 0 Å². The molecule has 0 saturated heterocycles. The molecule has 0 spiro atoms. The van der Waals surface area contributed by atoms with E-state index >= 15 is 0 Å². The molecule has 0 amide bonds. The van der Waals surface area contributed by atoms with E-state index in [0.29, 0.717) is 4.21 Å². The maximum atomic E-state index is 11.3. The number of rotatable bonds is 4. The zero-order valence-corrected chi connectivity index (χ0v) is 10.3. The van der Waals surface area contributed by atoms with Crippen LogP contribution in [0.4, 0.5) is 0 Å². The molecule has 0 atom stereocenters. The summed E-state index contributed by atoms with van der Waals surface area (Å²) >= 11 is 4.61. The Hall–Kier alpha value is 0.0900. The van der Waals surface area contributed by atoms with Crippen molar-refractivity contribution in [3.8, 4) is 0 Å². The molecule has 1 aromatic heterocycles. The molecule has 1 heterocycles. The Balaban J connectivity index is 2.92. The minimum Gasteiger partial charge on any atom is -0.214 e. The number of aryl methyl sites for hydroxylation is 1. The topological polar surface area (TPSA) is 46.2 Å². The van der Waals surface area contributed by atoms with Crippen LogP contribution in [0.25, 0.3) is 0 Å². The van der Waals surface area contributed by atoms with Crippen LogP contribution < -0.4 is 4.72 Å². The largest absolute Gasteiger partial charge is 0.249 e. The number of nitrogens with one attached hydrogen (secondary N) is 1. The second-order valence-electron chi connectivity index (χ2n) is 2.37.